The summed E-state index contributed by atoms with van der Waals surface area (Å²) in [6.07, 6.45) is 7.37. The first kappa shape index (κ1) is 14.0. The second-order valence-corrected chi connectivity index (χ2v) is 7.92. The Morgan fingerprint density at radius 3 is 2.90 bits per heavy atom. The fraction of sp³-hybridized carbons (Fsp3) is 0.769. The first-order chi connectivity index (χ1) is 9.42. The number of fused-ring (bicyclic) bond motifs is 1. The average Bonchev–Trinajstić information content (AvgIpc) is 2.85. The summed E-state index contributed by atoms with van der Waals surface area (Å²) in [6.45, 7) is 0.793. The minimum absolute atomic E-state index is 0.0588. The third-order valence-electron chi connectivity index (χ3n) is 4.68. The number of hydrogen-bond acceptors (Lipinski definition) is 4. The number of imidazole rings is 1. The number of aryl methyl sites for hydroxylation is 1. The molecule has 2 aliphatic rings. The summed E-state index contributed by atoms with van der Waals surface area (Å²) in [5.74, 6) is 0.0588. The lowest BCUT2D eigenvalue weighted by atomic mass is 9.72. The zero-order valence-electron chi connectivity index (χ0n) is 11.7. The Morgan fingerprint density at radius 1 is 1.40 bits per heavy atom. The van der Waals surface area contributed by atoms with Crippen molar-refractivity contribution in [3.05, 3.63) is 12.5 Å². The molecule has 0 amide bonds. The van der Waals surface area contributed by atoms with E-state index in [0.717, 1.165) is 25.7 Å². The largest absolute Gasteiger partial charge is 0.390 e. The molecule has 2 atom stereocenters. The molecule has 7 heteroatoms. The van der Waals surface area contributed by atoms with Gasteiger partial charge in [0, 0.05) is 32.3 Å². The average molecular weight is 299 g/mol. The van der Waals surface area contributed by atoms with Gasteiger partial charge in [0.05, 0.1) is 11.9 Å². The SMILES string of the molecule is Cn1cnc(S(=O)(=O)N2CCC3(O)CCCCC3C2)c1. The van der Waals surface area contributed by atoms with Gasteiger partial charge in [-0.3, -0.25) is 0 Å². The van der Waals surface area contributed by atoms with Crippen molar-refractivity contribution in [2.24, 2.45) is 13.0 Å². The molecule has 2 fully saturated rings. The Labute approximate surface area is 119 Å². The molecule has 6 nitrogen and oxygen atoms in total. The fourth-order valence-electron chi connectivity index (χ4n) is 3.41. The van der Waals surface area contributed by atoms with Crippen LogP contribution in [0.5, 0.6) is 0 Å². The van der Waals surface area contributed by atoms with Crippen LogP contribution in [0.15, 0.2) is 17.6 Å². The van der Waals surface area contributed by atoms with Crippen molar-refractivity contribution in [2.75, 3.05) is 13.1 Å². The molecule has 1 aliphatic carbocycles. The van der Waals surface area contributed by atoms with E-state index in [2.05, 4.69) is 4.98 Å². The van der Waals surface area contributed by atoms with E-state index in [4.69, 9.17) is 0 Å². The molecule has 112 valence electrons. The van der Waals surface area contributed by atoms with Crippen LogP contribution in [0.3, 0.4) is 0 Å². The highest BCUT2D eigenvalue weighted by Gasteiger charge is 2.45. The normalized spacial score (nSPS) is 32.0. The smallest absolute Gasteiger partial charge is 0.262 e. The van der Waals surface area contributed by atoms with Gasteiger partial charge in [0.2, 0.25) is 0 Å². The van der Waals surface area contributed by atoms with E-state index in [-0.39, 0.29) is 10.9 Å². The highest BCUT2D eigenvalue weighted by atomic mass is 32.2. The van der Waals surface area contributed by atoms with Crippen molar-refractivity contribution in [3.63, 3.8) is 0 Å². The minimum atomic E-state index is -3.53. The number of rotatable bonds is 2. The van der Waals surface area contributed by atoms with Gasteiger partial charge in [0.1, 0.15) is 0 Å². The van der Waals surface area contributed by atoms with Crippen molar-refractivity contribution < 1.29 is 13.5 Å². The summed E-state index contributed by atoms with van der Waals surface area (Å²) in [6, 6.07) is 0. The Morgan fingerprint density at radius 2 is 2.20 bits per heavy atom. The van der Waals surface area contributed by atoms with Crippen LogP contribution >= 0.6 is 0 Å². The summed E-state index contributed by atoms with van der Waals surface area (Å²) in [5.41, 5.74) is -0.658. The maximum atomic E-state index is 12.5. The number of aromatic nitrogens is 2. The quantitative estimate of drug-likeness (QED) is 0.874. The Kier molecular flexibility index (Phi) is 3.38. The zero-order valence-corrected chi connectivity index (χ0v) is 12.5. The van der Waals surface area contributed by atoms with Gasteiger partial charge in [-0.2, -0.15) is 4.31 Å². The van der Waals surface area contributed by atoms with E-state index in [9.17, 15) is 13.5 Å². The van der Waals surface area contributed by atoms with Crippen LogP contribution in [0.4, 0.5) is 0 Å². The van der Waals surface area contributed by atoms with E-state index in [1.54, 1.807) is 11.6 Å². The maximum Gasteiger partial charge on any atom is 0.262 e. The molecule has 2 unspecified atom stereocenters. The second-order valence-electron chi connectivity index (χ2n) is 6.04. The molecule has 1 saturated heterocycles. The number of nitrogens with zero attached hydrogens (tertiary/aromatic N) is 3. The summed E-state index contributed by atoms with van der Waals surface area (Å²) in [7, 11) is -1.78. The lowest BCUT2D eigenvalue weighted by Gasteiger charge is -2.46. The van der Waals surface area contributed by atoms with Gasteiger partial charge in [0.15, 0.2) is 5.03 Å². The summed E-state index contributed by atoms with van der Waals surface area (Å²) in [4.78, 5) is 3.95. The molecule has 20 heavy (non-hydrogen) atoms. The van der Waals surface area contributed by atoms with Gasteiger partial charge in [-0.15, -0.1) is 0 Å². The second kappa shape index (κ2) is 4.82. The Hall–Kier alpha value is -0.920. The molecular weight excluding hydrogens is 278 g/mol. The Balaban J connectivity index is 1.82. The van der Waals surface area contributed by atoms with Crippen LogP contribution in [0, 0.1) is 5.92 Å². The van der Waals surface area contributed by atoms with E-state index in [1.165, 1.54) is 16.8 Å². The first-order valence-corrected chi connectivity index (χ1v) is 8.56. The van der Waals surface area contributed by atoms with Crippen LogP contribution in [-0.4, -0.2) is 46.1 Å². The summed E-state index contributed by atoms with van der Waals surface area (Å²) >= 11 is 0. The number of sulfonamides is 1. The van der Waals surface area contributed by atoms with Crippen molar-refractivity contribution >= 4 is 10.0 Å². The molecular formula is C13H21N3O3S. The molecule has 0 aromatic carbocycles. The van der Waals surface area contributed by atoms with E-state index >= 15 is 0 Å². The molecule has 1 aromatic heterocycles. The van der Waals surface area contributed by atoms with Gasteiger partial charge in [-0.25, -0.2) is 13.4 Å². The van der Waals surface area contributed by atoms with E-state index < -0.39 is 15.6 Å². The third-order valence-corrected chi connectivity index (χ3v) is 6.43. The van der Waals surface area contributed by atoms with Crippen LogP contribution in [0.25, 0.3) is 0 Å². The molecule has 2 heterocycles. The fourth-order valence-corrected chi connectivity index (χ4v) is 4.87. The van der Waals surface area contributed by atoms with Gasteiger partial charge in [-0.05, 0) is 19.3 Å². The number of hydrogen-bond donors (Lipinski definition) is 1. The van der Waals surface area contributed by atoms with Gasteiger partial charge in [0.25, 0.3) is 10.0 Å². The highest BCUT2D eigenvalue weighted by Crippen LogP contribution is 2.40. The van der Waals surface area contributed by atoms with Crippen molar-refractivity contribution in [1.82, 2.24) is 13.9 Å². The maximum absolute atomic E-state index is 12.5. The van der Waals surface area contributed by atoms with Crippen LogP contribution in [-0.2, 0) is 17.1 Å². The molecule has 0 radical (unpaired) electrons. The lowest BCUT2D eigenvalue weighted by Crippen LogP contribution is -2.54. The minimum Gasteiger partial charge on any atom is -0.390 e. The van der Waals surface area contributed by atoms with E-state index in [1.807, 2.05) is 0 Å². The zero-order chi connectivity index (χ0) is 14.4. The summed E-state index contributed by atoms with van der Waals surface area (Å²) in [5, 5.41) is 10.7. The molecule has 1 aromatic rings. The molecule has 1 N–H and O–H groups in total. The number of aliphatic hydroxyl groups is 1. The first-order valence-electron chi connectivity index (χ1n) is 7.12. The van der Waals surface area contributed by atoms with Crippen LogP contribution in [0.1, 0.15) is 32.1 Å². The van der Waals surface area contributed by atoms with Gasteiger partial charge >= 0.3 is 0 Å². The monoisotopic (exact) mass is 299 g/mol. The third kappa shape index (κ3) is 2.27. The predicted octanol–water partition coefficient (Wildman–Crippen LogP) is 0.736. The van der Waals surface area contributed by atoms with Crippen molar-refractivity contribution in [2.45, 2.75) is 42.7 Å². The van der Waals surface area contributed by atoms with E-state index in [0.29, 0.717) is 19.5 Å². The van der Waals surface area contributed by atoms with Gasteiger partial charge < -0.3 is 9.67 Å². The van der Waals surface area contributed by atoms with Crippen LogP contribution < -0.4 is 0 Å². The van der Waals surface area contributed by atoms with Gasteiger partial charge in [-0.1, -0.05) is 12.8 Å². The van der Waals surface area contributed by atoms with Crippen molar-refractivity contribution in [1.29, 1.82) is 0 Å². The summed E-state index contributed by atoms with van der Waals surface area (Å²) < 4.78 is 28.2. The molecule has 1 aliphatic heterocycles. The van der Waals surface area contributed by atoms with Crippen LogP contribution in [0.2, 0.25) is 0 Å². The molecule has 3 rings (SSSR count). The topological polar surface area (TPSA) is 75.4 Å². The van der Waals surface area contributed by atoms with Crippen molar-refractivity contribution in [3.8, 4) is 0 Å². The molecule has 0 bridgehead atoms. The predicted molar refractivity (Wildman–Crippen MR) is 73.5 cm³/mol. The highest BCUT2D eigenvalue weighted by molar-refractivity contribution is 7.89. The standard InChI is InChI=1S/C13H21N3O3S/c1-15-9-12(14-10-15)20(18,19)16-7-6-13(17)5-3-2-4-11(13)8-16/h9-11,17H,2-8H2,1H3. The Bertz CT molecular complexity index is 598. The molecule has 0 spiro atoms. The molecule has 1 saturated carbocycles. The lowest BCUT2D eigenvalue weighted by molar-refractivity contribution is -0.0816. The number of piperidine rings is 1.